The van der Waals surface area contributed by atoms with Gasteiger partial charge in [0.1, 0.15) is 66.2 Å². The third kappa shape index (κ3) is 47.6. The monoisotopic (exact) mass is 1810 g/mol. The van der Waals surface area contributed by atoms with Crippen LogP contribution in [0.25, 0.3) is 26.5 Å². The number of halogens is 2. The maximum Gasteiger partial charge on any atom is 0.321 e. The first-order chi connectivity index (χ1) is 57.7. The molecule has 9 aromatic rings. The Hall–Kier alpha value is -11.8. The number of aryl methyl sites for hydroxylation is 2. The minimum atomic E-state index is -1.05. The summed E-state index contributed by atoms with van der Waals surface area (Å²) >= 11 is 4.73. The fourth-order valence-corrected chi connectivity index (χ4v) is 11.1. The molecule has 0 unspecified atom stereocenters. The van der Waals surface area contributed by atoms with Gasteiger partial charge in [-0.25, -0.2) is 14.2 Å². The Bertz CT molecular complexity index is 4700. The van der Waals surface area contributed by atoms with Gasteiger partial charge in [-0.1, -0.05) is 209 Å². The second-order valence-corrected chi connectivity index (χ2v) is 32.7. The van der Waals surface area contributed by atoms with Crippen LogP contribution < -0.4 is 57.3 Å². The molecule has 10 atom stereocenters. The van der Waals surface area contributed by atoms with E-state index in [0.717, 1.165) is 70.8 Å². The number of hydrogen-bond donors (Lipinski definition) is 20. The highest BCUT2D eigenvalue weighted by Crippen LogP contribution is 2.33. The molecule has 30 N–H and O–H groups in total. The van der Waals surface area contributed by atoms with Gasteiger partial charge < -0.3 is 113 Å². The summed E-state index contributed by atoms with van der Waals surface area (Å²) in [4.78, 5) is 111. The van der Waals surface area contributed by atoms with Gasteiger partial charge in [0.2, 0.25) is 0 Å². The number of nitrogens with zero attached hydrogens (tertiary/aromatic N) is 3. The lowest BCUT2D eigenvalue weighted by Gasteiger charge is -2.22. The quantitative estimate of drug-likeness (QED) is 0.0214. The molecule has 0 spiro atoms. The minimum Gasteiger partial charge on any atom is -0.480 e. The average Bonchev–Trinajstić information content (AvgIpc) is 1.66. The lowest BCUT2D eigenvalue weighted by Crippen LogP contribution is -2.41. The van der Waals surface area contributed by atoms with E-state index in [0.29, 0.717) is 56.6 Å². The third-order valence-electron chi connectivity index (χ3n) is 17.6. The van der Waals surface area contributed by atoms with Crippen molar-refractivity contribution in [3.8, 4) is 0 Å². The van der Waals surface area contributed by atoms with Gasteiger partial charge in [-0.3, -0.25) is 47.9 Å². The average molecular weight is 1810 g/mol. The van der Waals surface area contributed by atoms with Crippen LogP contribution in [0.4, 0.5) is 10.1 Å². The van der Waals surface area contributed by atoms with E-state index < -0.39 is 120 Å². The van der Waals surface area contributed by atoms with Crippen molar-refractivity contribution in [1.82, 2.24) is 9.55 Å². The van der Waals surface area contributed by atoms with Gasteiger partial charge in [0.15, 0.2) is 5.69 Å². The molecule has 2 aromatic heterocycles. The number of carboxylic acids is 10. The van der Waals surface area contributed by atoms with E-state index in [4.69, 9.17) is 115 Å². The van der Waals surface area contributed by atoms with Gasteiger partial charge in [0.25, 0.3) is 0 Å². The Morgan fingerprint density at radius 2 is 0.831 bits per heavy atom. The number of carbonyl (C=O) groups is 10. The first-order valence-electron chi connectivity index (χ1n) is 38.5. The van der Waals surface area contributed by atoms with Crippen LogP contribution in [-0.4, -0.2) is 181 Å². The van der Waals surface area contributed by atoms with E-state index in [1.807, 2.05) is 161 Å². The van der Waals surface area contributed by atoms with Crippen molar-refractivity contribution < 1.29 is 103 Å². The Balaban J connectivity index is 0.000000693. The molecule has 0 bridgehead atoms. The summed E-state index contributed by atoms with van der Waals surface area (Å²) in [5.41, 5.74) is 63.8. The van der Waals surface area contributed by atoms with Crippen molar-refractivity contribution >= 4 is 114 Å². The molecule has 10 rings (SSSR count). The number of benzene rings is 7. The van der Waals surface area contributed by atoms with Crippen LogP contribution in [0.5, 0.6) is 0 Å². The second-order valence-electron chi connectivity index (χ2n) is 31.0. The number of fused-ring (bicyclic) bond motifs is 2. The molecule has 1 aliphatic rings. The van der Waals surface area contributed by atoms with E-state index in [1.165, 1.54) is 48.4 Å². The first kappa shape index (κ1) is 110. The lowest BCUT2D eigenvalue weighted by molar-refractivity contribution is -0.141. The highest BCUT2D eigenvalue weighted by molar-refractivity contribution is 9.10. The molecular formula is C88H117BrFN13O20S. The molecule has 2 heterocycles. The molecule has 1 saturated carbocycles. The van der Waals surface area contributed by atoms with Crippen molar-refractivity contribution in [2.24, 2.45) is 81.1 Å². The fourth-order valence-electron chi connectivity index (χ4n) is 10.2. The summed E-state index contributed by atoms with van der Waals surface area (Å²) in [6.45, 7) is 20.0. The number of hydrogen-bond acceptors (Lipinski definition) is 22. The van der Waals surface area contributed by atoms with Gasteiger partial charge in [-0.15, -0.1) is 11.3 Å². The zero-order chi connectivity index (χ0) is 94.5. The standard InChI is InChI=1S/C13H13NO2.C12H14N2O2.C10H10N2O2.C10H13NO2.C9H10BrNO2.C9H10FNO2.C7H15NO2.C6H8N2O2S.C6H11NO2.C6H13NO2/c14-12(13(15)16)8-9-5-6-10-3-1-2-4-11(10)7-9;1-14-7-8(6-10(13)12(15)16)9-4-2-3-5-11(9)14;1-12-8-4-2-7(3-5-8)6-9(11)10(13)14;1-7-2-4-8(5-3-7)6-9(11)10(12)13;2*10-7-3-1-6(2-4-7)5-8(11)9(12)13;1-7(2,3)4-5(8)6(9)10;7-5(6(9)10)1-4-2-11-3-8-4;7-5(6(8)9)3-4-1-2-4;1-6(2,3)4(7)5(8)9/h1-7,12H,8,14H2,(H,15,16);2-5,7,10H,6,13H2,1H3,(H,15,16);2-5,9H,6,11H2,(H,13,14);2-5,9H,6,11H2,1H3,(H,12,13);2*1-4,8H,5,11H2,(H,12,13);5H,4,8H2,1-3H3,(H,9,10);2-3,5H,1,7H2,(H,9,10);4-5H,1-3,7H2,(H,8,9);4H,7H2,1-3H3,(H,8,9)/t12-;10-;2*9-;2*8-;3*5-;4-/m0000000001/s1. The molecule has 124 heavy (non-hydrogen) atoms. The number of rotatable bonds is 27. The van der Waals surface area contributed by atoms with E-state index in [1.54, 1.807) is 55.9 Å². The Labute approximate surface area is 731 Å². The molecule has 0 radical (unpaired) electrons. The molecule has 1 fully saturated rings. The second kappa shape index (κ2) is 56.0. The van der Waals surface area contributed by atoms with Gasteiger partial charge in [0, 0.05) is 46.8 Å². The number of aliphatic carboxylic acids is 10. The van der Waals surface area contributed by atoms with Crippen molar-refractivity contribution in [3.05, 3.63) is 247 Å². The Kier molecular flexibility index (Phi) is 49.8. The number of carboxylic acid groups (broad SMARTS) is 10. The van der Waals surface area contributed by atoms with E-state index in [2.05, 4.69) is 25.8 Å². The molecule has 7 aromatic carbocycles. The fraction of sp³-hybridized carbons (Fsp3) is 0.364. The molecular weight excluding hydrogens is 1690 g/mol. The van der Waals surface area contributed by atoms with Crippen molar-refractivity contribution in [2.75, 3.05) is 0 Å². The normalized spacial score (nSPS) is 13.5. The number of aromatic nitrogens is 2. The van der Waals surface area contributed by atoms with Gasteiger partial charge in [0.05, 0.1) is 17.8 Å². The molecule has 0 aliphatic heterocycles. The molecule has 33 nitrogen and oxygen atoms in total. The number of nitrogens with two attached hydrogens (primary N) is 10. The Morgan fingerprint density at radius 1 is 0.468 bits per heavy atom. The SMILES string of the molecule is CC(C)(C)C[C@H](N)C(=O)O.CC(C)(C)[C@H](N)C(=O)O.Cc1ccc(C[C@H](N)C(=O)O)cc1.Cn1cc(C[C@H](N)C(=O)O)c2ccccc21.N[C@@H](CC1CC1)C(=O)O.N[C@@H](Cc1ccc(Br)cc1)C(=O)O.N[C@@H](Cc1ccc(F)cc1)C(=O)O.N[C@@H](Cc1ccc2ccccc2c1)C(=O)O.N[C@@H](Cc1cscn1)C(=O)O.[C-]#[N+]c1ccc(C[C@H](N)C(=O)O)cc1. The van der Waals surface area contributed by atoms with Crippen LogP contribution in [0.15, 0.2) is 185 Å². The van der Waals surface area contributed by atoms with E-state index in [-0.39, 0.29) is 29.5 Å². The molecule has 674 valence electrons. The lowest BCUT2D eigenvalue weighted by atomic mass is 9.88. The maximum atomic E-state index is 12.4. The summed E-state index contributed by atoms with van der Waals surface area (Å²) < 4.78 is 15.4. The van der Waals surface area contributed by atoms with Gasteiger partial charge in [-0.05, 0) is 143 Å². The van der Waals surface area contributed by atoms with Crippen molar-refractivity contribution in [2.45, 2.75) is 180 Å². The van der Waals surface area contributed by atoms with Crippen LogP contribution in [0.3, 0.4) is 0 Å². The first-order valence-corrected chi connectivity index (χ1v) is 40.2. The predicted octanol–water partition coefficient (Wildman–Crippen LogP) is 8.83. The predicted molar refractivity (Wildman–Crippen MR) is 476 cm³/mol. The Morgan fingerprint density at radius 3 is 1.19 bits per heavy atom. The topological polar surface area (TPSA) is 655 Å². The van der Waals surface area contributed by atoms with Crippen LogP contribution in [0.1, 0.15) is 112 Å². The molecule has 0 saturated heterocycles. The van der Waals surface area contributed by atoms with Gasteiger partial charge >= 0.3 is 59.7 Å². The third-order valence-corrected chi connectivity index (χ3v) is 18.8. The number of para-hydroxylation sites is 1. The minimum absolute atomic E-state index is 0.00218. The zero-order valence-electron chi connectivity index (χ0n) is 70.3. The number of thiazole rings is 1. The molecule has 36 heteroatoms. The highest BCUT2D eigenvalue weighted by Gasteiger charge is 2.28. The highest BCUT2D eigenvalue weighted by atomic mass is 79.9. The van der Waals surface area contributed by atoms with Crippen molar-refractivity contribution in [1.29, 1.82) is 0 Å². The smallest absolute Gasteiger partial charge is 0.321 e. The molecule has 1 aliphatic carbocycles. The van der Waals surface area contributed by atoms with Crippen LogP contribution in [0, 0.1) is 36.1 Å². The summed E-state index contributed by atoms with van der Waals surface area (Å²) in [5.74, 6) is -9.38. The van der Waals surface area contributed by atoms with Crippen LogP contribution >= 0.6 is 27.3 Å². The summed E-state index contributed by atoms with van der Waals surface area (Å²) in [6.07, 6.45) is 7.73. The summed E-state index contributed by atoms with van der Waals surface area (Å²) in [6, 6.07) is 41.2. The van der Waals surface area contributed by atoms with E-state index in [9.17, 15) is 52.3 Å². The maximum absolute atomic E-state index is 12.4. The zero-order valence-corrected chi connectivity index (χ0v) is 72.7. The summed E-state index contributed by atoms with van der Waals surface area (Å²) in [5, 5.41) is 90.4. The van der Waals surface area contributed by atoms with Crippen LogP contribution in [-0.2, 0) is 99.9 Å². The largest absolute Gasteiger partial charge is 0.480 e. The van der Waals surface area contributed by atoms with Gasteiger partial charge in [-0.2, -0.15) is 0 Å². The van der Waals surface area contributed by atoms with Crippen molar-refractivity contribution in [3.63, 3.8) is 0 Å². The molecule has 0 amide bonds. The summed E-state index contributed by atoms with van der Waals surface area (Å²) in [7, 11) is 1.94. The van der Waals surface area contributed by atoms with E-state index >= 15 is 0 Å². The van der Waals surface area contributed by atoms with Crippen LogP contribution in [0.2, 0.25) is 0 Å².